The van der Waals surface area contributed by atoms with Gasteiger partial charge in [0.2, 0.25) is 5.91 Å². The summed E-state index contributed by atoms with van der Waals surface area (Å²) < 4.78 is 0. The minimum absolute atomic E-state index is 0.107. The first-order chi connectivity index (χ1) is 10.1. The molecule has 2 heterocycles. The average Bonchev–Trinajstić information content (AvgIpc) is 2.46. The summed E-state index contributed by atoms with van der Waals surface area (Å²) in [5.74, 6) is 0.182. The van der Waals surface area contributed by atoms with Crippen LogP contribution in [0.25, 0.3) is 0 Å². The standard InChI is InChI=1S/C16H23N3O2/c1-3-4-5-7-10-17-15(21)16(2)12-14(20)18-13-9-6-8-11-19(13)16/h6,8-9,11H,3-5,7,10,12H2,1-2H3,(H,17,21). The molecule has 0 aromatic heterocycles. The van der Waals surface area contributed by atoms with Gasteiger partial charge in [-0.25, -0.2) is 0 Å². The van der Waals surface area contributed by atoms with Gasteiger partial charge < -0.3 is 10.2 Å². The summed E-state index contributed by atoms with van der Waals surface area (Å²) in [6.07, 6.45) is 11.8. The van der Waals surface area contributed by atoms with Crippen LogP contribution in [0.4, 0.5) is 0 Å². The van der Waals surface area contributed by atoms with E-state index in [0.29, 0.717) is 12.4 Å². The van der Waals surface area contributed by atoms with E-state index in [1.165, 1.54) is 12.8 Å². The number of nitrogens with one attached hydrogen (secondary N) is 1. The third kappa shape index (κ3) is 3.40. The van der Waals surface area contributed by atoms with Crippen molar-refractivity contribution in [3.05, 3.63) is 24.4 Å². The lowest BCUT2D eigenvalue weighted by atomic mass is 9.91. The summed E-state index contributed by atoms with van der Waals surface area (Å²) in [4.78, 5) is 30.1. The zero-order valence-corrected chi connectivity index (χ0v) is 12.8. The largest absolute Gasteiger partial charge is 0.354 e. The number of hydrogen-bond acceptors (Lipinski definition) is 3. The summed E-state index contributed by atoms with van der Waals surface area (Å²) in [6, 6.07) is 0. The zero-order valence-electron chi connectivity index (χ0n) is 12.8. The quantitative estimate of drug-likeness (QED) is 0.762. The Balaban J connectivity index is 2.01. The smallest absolute Gasteiger partial charge is 0.250 e. The number of aliphatic imine (C=N–C) groups is 1. The molecule has 114 valence electrons. The Hall–Kier alpha value is -1.91. The van der Waals surface area contributed by atoms with Gasteiger partial charge in [-0.3, -0.25) is 9.59 Å². The van der Waals surface area contributed by atoms with Crippen LogP contribution in [-0.4, -0.2) is 34.6 Å². The van der Waals surface area contributed by atoms with E-state index in [1.807, 2.05) is 18.4 Å². The second kappa shape index (κ2) is 6.70. The van der Waals surface area contributed by atoms with Gasteiger partial charge in [-0.1, -0.05) is 32.3 Å². The van der Waals surface area contributed by atoms with E-state index in [0.717, 1.165) is 12.8 Å². The molecule has 1 atom stereocenters. The number of amides is 2. The average molecular weight is 289 g/mol. The number of carbonyl (C=O) groups excluding carboxylic acids is 2. The number of unbranched alkanes of at least 4 members (excludes halogenated alkanes) is 3. The van der Waals surface area contributed by atoms with Gasteiger partial charge in [0.05, 0.1) is 6.42 Å². The molecular formula is C16H23N3O2. The number of hydrogen-bond donors (Lipinski definition) is 1. The maximum absolute atomic E-state index is 12.5. The minimum Gasteiger partial charge on any atom is -0.354 e. The molecule has 0 bridgehead atoms. The lowest BCUT2D eigenvalue weighted by Crippen LogP contribution is -2.60. The van der Waals surface area contributed by atoms with Crippen molar-refractivity contribution in [3.63, 3.8) is 0 Å². The maximum atomic E-state index is 12.5. The molecule has 0 aromatic carbocycles. The number of carbonyl (C=O) groups is 2. The first-order valence-electron chi connectivity index (χ1n) is 7.62. The summed E-state index contributed by atoms with van der Waals surface area (Å²) in [5, 5.41) is 2.96. The number of amidine groups is 1. The second-order valence-corrected chi connectivity index (χ2v) is 5.70. The second-order valence-electron chi connectivity index (χ2n) is 5.70. The fourth-order valence-corrected chi connectivity index (χ4v) is 2.62. The molecule has 0 saturated heterocycles. The van der Waals surface area contributed by atoms with Crippen molar-refractivity contribution in [2.75, 3.05) is 6.54 Å². The van der Waals surface area contributed by atoms with Crippen LogP contribution >= 0.6 is 0 Å². The van der Waals surface area contributed by atoms with Crippen LogP contribution < -0.4 is 5.32 Å². The van der Waals surface area contributed by atoms with E-state index in [2.05, 4.69) is 17.2 Å². The molecule has 5 nitrogen and oxygen atoms in total. The highest BCUT2D eigenvalue weighted by Crippen LogP contribution is 2.28. The Morgan fingerprint density at radius 1 is 1.38 bits per heavy atom. The summed E-state index contributed by atoms with van der Waals surface area (Å²) in [7, 11) is 0. The lowest BCUT2D eigenvalue weighted by molar-refractivity contribution is -0.134. The third-order valence-corrected chi connectivity index (χ3v) is 3.91. The first kappa shape index (κ1) is 15.5. The number of rotatable bonds is 6. The van der Waals surface area contributed by atoms with Crippen molar-refractivity contribution in [1.82, 2.24) is 10.2 Å². The van der Waals surface area contributed by atoms with E-state index in [4.69, 9.17) is 0 Å². The number of nitrogens with zero attached hydrogens (tertiary/aromatic N) is 2. The maximum Gasteiger partial charge on any atom is 0.250 e. The molecule has 0 saturated carbocycles. The van der Waals surface area contributed by atoms with Crippen molar-refractivity contribution in [3.8, 4) is 0 Å². The molecule has 0 spiro atoms. The summed E-state index contributed by atoms with van der Waals surface area (Å²) in [6.45, 7) is 4.61. The van der Waals surface area contributed by atoms with E-state index >= 15 is 0 Å². The van der Waals surface area contributed by atoms with Gasteiger partial charge in [0.1, 0.15) is 11.4 Å². The van der Waals surface area contributed by atoms with Crippen LogP contribution in [0, 0.1) is 0 Å². The van der Waals surface area contributed by atoms with Crippen LogP contribution in [0.1, 0.15) is 46.0 Å². The van der Waals surface area contributed by atoms with Gasteiger partial charge in [0.25, 0.3) is 5.91 Å². The Bertz CT molecular complexity index is 508. The van der Waals surface area contributed by atoms with Crippen molar-refractivity contribution in [2.45, 2.75) is 51.5 Å². The van der Waals surface area contributed by atoms with E-state index in [1.54, 1.807) is 17.9 Å². The number of fused-ring (bicyclic) bond motifs is 1. The van der Waals surface area contributed by atoms with Crippen LogP contribution in [0.15, 0.2) is 29.4 Å². The van der Waals surface area contributed by atoms with Crippen molar-refractivity contribution in [1.29, 1.82) is 0 Å². The number of allylic oxidation sites excluding steroid dienone is 2. The lowest BCUT2D eigenvalue weighted by Gasteiger charge is -2.41. The zero-order chi connectivity index (χ0) is 15.3. The third-order valence-electron chi connectivity index (χ3n) is 3.91. The van der Waals surface area contributed by atoms with Crippen molar-refractivity contribution >= 4 is 17.6 Å². The minimum atomic E-state index is -0.889. The molecule has 21 heavy (non-hydrogen) atoms. The molecule has 0 aromatic rings. The summed E-state index contributed by atoms with van der Waals surface area (Å²) in [5.41, 5.74) is -0.889. The van der Waals surface area contributed by atoms with Gasteiger partial charge in [-0.05, 0) is 25.5 Å². The molecule has 1 N–H and O–H groups in total. The van der Waals surface area contributed by atoms with Gasteiger partial charge >= 0.3 is 0 Å². The predicted molar refractivity (Wildman–Crippen MR) is 82.7 cm³/mol. The van der Waals surface area contributed by atoms with Crippen LogP contribution in [0.2, 0.25) is 0 Å². The molecule has 5 heteroatoms. The Kier molecular flexibility index (Phi) is 4.94. The van der Waals surface area contributed by atoms with E-state index in [9.17, 15) is 9.59 Å². The Morgan fingerprint density at radius 3 is 2.95 bits per heavy atom. The molecule has 1 unspecified atom stereocenters. The Morgan fingerprint density at radius 2 is 2.19 bits per heavy atom. The fourth-order valence-electron chi connectivity index (χ4n) is 2.62. The molecule has 2 aliphatic heterocycles. The highest BCUT2D eigenvalue weighted by Gasteiger charge is 2.44. The van der Waals surface area contributed by atoms with Crippen LogP contribution in [0.5, 0.6) is 0 Å². The summed E-state index contributed by atoms with van der Waals surface area (Å²) >= 11 is 0. The molecule has 2 rings (SSSR count). The molecule has 0 fully saturated rings. The van der Waals surface area contributed by atoms with E-state index < -0.39 is 5.54 Å². The molecule has 2 amide bonds. The van der Waals surface area contributed by atoms with Crippen molar-refractivity contribution in [2.24, 2.45) is 4.99 Å². The van der Waals surface area contributed by atoms with Crippen LogP contribution in [0.3, 0.4) is 0 Å². The topological polar surface area (TPSA) is 61.8 Å². The highest BCUT2D eigenvalue weighted by atomic mass is 16.2. The highest BCUT2D eigenvalue weighted by molar-refractivity contribution is 6.09. The molecule has 0 aliphatic carbocycles. The van der Waals surface area contributed by atoms with Crippen LogP contribution in [-0.2, 0) is 9.59 Å². The molecule has 2 aliphatic rings. The van der Waals surface area contributed by atoms with E-state index in [-0.39, 0.29) is 18.2 Å². The normalized spacial score (nSPS) is 23.8. The monoisotopic (exact) mass is 289 g/mol. The van der Waals surface area contributed by atoms with Gasteiger partial charge in [-0.2, -0.15) is 4.99 Å². The SMILES string of the molecule is CCCCCCNC(=O)C1(C)CC(=O)N=C2C=CC=CN21. The molecular weight excluding hydrogens is 266 g/mol. The van der Waals surface area contributed by atoms with Crippen molar-refractivity contribution < 1.29 is 9.59 Å². The fraction of sp³-hybridized carbons (Fsp3) is 0.562. The van der Waals surface area contributed by atoms with Gasteiger partial charge in [0.15, 0.2) is 0 Å². The Labute approximate surface area is 125 Å². The first-order valence-corrected chi connectivity index (χ1v) is 7.62. The van der Waals surface area contributed by atoms with Gasteiger partial charge in [-0.15, -0.1) is 0 Å². The molecule has 0 radical (unpaired) electrons. The predicted octanol–water partition coefficient (Wildman–Crippen LogP) is 2.16. The van der Waals surface area contributed by atoms with Gasteiger partial charge in [0, 0.05) is 12.7 Å².